The molecule has 0 heterocycles. The van der Waals surface area contributed by atoms with E-state index in [-0.39, 0.29) is 139 Å². The highest BCUT2D eigenvalue weighted by molar-refractivity contribution is 7.80. The van der Waals surface area contributed by atoms with E-state index in [1.807, 2.05) is 0 Å². The largest absolute Gasteiger partial charge is 0.508 e. The van der Waals surface area contributed by atoms with Gasteiger partial charge < -0.3 is 162 Å². The smallest absolute Gasteiger partial charge is 0.244 e. The molecule has 0 aromatic heterocycles. The average Bonchev–Trinajstić information content (AvgIpc) is 0.848. The van der Waals surface area contributed by atoms with Gasteiger partial charge in [-0.1, -0.05) is 84.0 Å². The van der Waals surface area contributed by atoms with Gasteiger partial charge in [0.1, 0.15) is 84.3 Å². The van der Waals surface area contributed by atoms with Crippen LogP contribution in [0.5, 0.6) is 5.75 Å². The van der Waals surface area contributed by atoms with E-state index in [2.05, 4.69) is 167 Å². The van der Waals surface area contributed by atoms with Crippen LogP contribution in [0.1, 0.15) is 123 Å². The van der Waals surface area contributed by atoms with E-state index in [0.29, 0.717) is 17.5 Å². The Morgan fingerprint density at radius 2 is 0.560 bits per heavy atom. The van der Waals surface area contributed by atoms with Gasteiger partial charge in [-0.3, -0.25) is 113 Å². The fourth-order valence-corrected chi connectivity index (χ4v) is 14.1. The van der Waals surface area contributed by atoms with Crippen LogP contribution < -0.4 is 157 Å². The summed E-state index contributed by atoms with van der Waals surface area (Å²) < 4.78 is 0. The SMILES string of the molecule is CC(C)C[C@H](NC(=O)CNC(=O)CNC(=O)CNC(=O)[C@@H](N)CCCNC(=N)N)C(=O)N[C@@H](CS)C(=O)N[C@@H](Cc1ccc(O)cc1)C(=O)N[C@@H](CS)C(=O)N[C@@H](CCCNC(=N)N)C(=O)N[C@@H](CCCNC(=N)N)C(=O)N[C@@H](CCCNC(=N)N)C(=O)N[C@@H](Cc1ccccc1)C(=O)N[C@@H](CS)C(=O)N[C@H](C(=O)N[C@@H](CS)C(=O)N[C@H](C(=O)NCC(=O)N[C@@H](CCCNC(=N)N)C(N)=O)C(C)C)C(C)C. The van der Waals surface area contributed by atoms with Crippen molar-refractivity contribution in [3.05, 3.63) is 65.7 Å². The van der Waals surface area contributed by atoms with Gasteiger partial charge in [-0.2, -0.15) is 50.5 Å². The Hall–Kier alpha value is -13.6. The Kier molecular flexibility index (Phi) is 58.6. The number of phenols is 1. The number of primary amides is 1. The first-order chi connectivity index (χ1) is 66.5. The lowest BCUT2D eigenvalue weighted by atomic mass is 10.0. The fraction of sp³-hybridized carbons (Fsp3) is 0.583. The first-order valence-electron chi connectivity index (χ1n) is 45.2. The van der Waals surface area contributed by atoms with E-state index < -0.39 is 264 Å². The molecule has 0 radical (unpaired) electrons. The number of thiol groups is 4. The number of aromatic hydroxyl groups is 1. The minimum absolute atomic E-state index is 0.00798. The number of hydrogen-bond donors (Lipinski definition) is 39. The number of nitrogens with two attached hydrogens (primary N) is 7. The number of benzene rings is 2. The Bertz CT molecular complexity index is 4550. The molecule has 53 nitrogen and oxygen atoms in total. The number of guanidine groups is 5. The van der Waals surface area contributed by atoms with Gasteiger partial charge in [0.2, 0.25) is 106 Å². The normalized spacial score (nSPS) is 13.9. The lowest BCUT2D eigenvalue weighted by Gasteiger charge is -2.29. The molecule has 57 heteroatoms. The van der Waals surface area contributed by atoms with E-state index in [4.69, 9.17) is 67.2 Å². The molecule has 0 bridgehead atoms. The molecule has 2 aromatic rings. The number of nitrogens with one attached hydrogen (secondary N) is 27. The fourth-order valence-electron chi connectivity index (χ4n) is 13.1. The van der Waals surface area contributed by atoms with E-state index in [9.17, 15) is 81.8 Å². The van der Waals surface area contributed by atoms with Crippen LogP contribution in [0.25, 0.3) is 0 Å². The maximum Gasteiger partial charge on any atom is 0.244 e. The molecule has 0 aliphatic heterocycles. The monoisotopic (exact) mass is 2060 g/mol. The van der Waals surface area contributed by atoms with Crippen LogP contribution in [-0.2, 0) is 99.1 Å². The summed E-state index contributed by atoms with van der Waals surface area (Å²) in [6, 6.07) is -6.83. The van der Waals surface area contributed by atoms with Gasteiger partial charge in [-0.15, -0.1) is 0 Å². The predicted octanol–water partition coefficient (Wildman–Crippen LogP) is -10.8. The highest BCUT2D eigenvalue weighted by atomic mass is 32.1. The second-order valence-electron chi connectivity index (χ2n) is 33.6. The van der Waals surface area contributed by atoms with Crippen molar-refractivity contribution in [1.29, 1.82) is 27.0 Å². The van der Waals surface area contributed by atoms with Crippen molar-refractivity contribution in [2.45, 2.75) is 210 Å². The first-order valence-corrected chi connectivity index (χ1v) is 47.8. The molecule has 18 amide bonds. The van der Waals surface area contributed by atoms with Crippen molar-refractivity contribution < 1.29 is 91.4 Å². The standard InChI is InChI=1S/C84H142N34O19S4/c1-42(2)31-53(107-62(122)36-103-60(120)34-102-61(121)35-104-67(125)48(85)17-10-26-97-80(87)88)71(129)113-57(39-139)75(133)112-55(33-46-22-24-47(119)25-23-46)73(131)114-56(38-138)74(132)110-51(20-13-29-100-83(93)94)69(127)108-50(19-12-28-99-82(91)92)68(126)109-52(21-14-30-101-84(95)96)70(128)111-54(32-45-15-8-7-9-16-45)72(130)115-58(40-140)76(134)118-65(44(5)6)79(137)116-59(41-141)77(135)117-64(43(3)4)78(136)105-37-63(123)106-49(66(86)124)18-11-27-98-81(89)90/h7-9,15-16,22-25,42-44,48-59,64-65,119,138-141H,10-14,17-21,26-41,85H2,1-6H3,(H2,86,124)(H,102,121)(H,103,120)(H,104,125)(H,105,136)(H,106,123)(H,107,122)(H,108,127)(H,109,126)(H,110,132)(H,111,128)(H,112,133)(H,113,129)(H,114,131)(H,115,130)(H,116,137)(H,117,135)(H,118,134)(H4,87,88,97)(H4,89,90,98)(H4,91,92,99)(H4,93,94,100)(H4,95,96,101)/t48-,49-,50-,51-,52-,53-,54-,55-,56-,57-,58-,59-,64-,65-/m0/s1. The highest BCUT2D eigenvalue weighted by Crippen LogP contribution is 2.16. The van der Waals surface area contributed by atoms with Gasteiger partial charge in [0, 0.05) is 68.6 Å². The molecular formula is C84H142N34O19S4. The number of amides is 18. The Labute approximate surface area is 838 Å². The molecule has 0 aliphatic rings. The molecule has 2 aromatic carbocycles. The zero-order valence-corrected chi connectivity index (χ0v) is 83.1. The van der Waals surface area contributed by atoms with Crippen molar-refractivity contribution >= 4 is 187 Å². The van der Waals surface area contributed by atoms with Crippen LogP contribution in [0.2, 0.25) is 0 Å². The number of hydrogen-bond acceptors (Lipinski definition) is 29. The Morgan fingerprint density at radius 1 is 0.291 bits per heavy atom. The van der Waals surface area contributed by atoms with Gasteiger partial charge in [-0.05, 0) is 112 Å². The van der Waals surface area contributed by atoms with E-state index in [1.165, 1.54) is 24.3 Å². The minimum Gasteiger partial charge on any atom is -0.508 e. The van der Waals surface area contributed by atoms with Crippen molar-refractivity contribution in [3.63, 3.8) is 0 Å². The number of rotatable bonds is 67. The summed E-state index contributed by atoms with van der Waals surface area (Å²) in [6.45, 7) is 7.57. The third kappa shape index (κ3) is 51.2. The average molecular weight is 2060 g/mol. The van der Waals surface area contributed by atoms with Gasteiger partial charge in [0.05, 0.1) is 32.2 Å². The molecule has 0 spiro atoms. The Balaban J connectivity index is 2.53. The van der Waals surface area contributed by atoms with Crippen molar-refractivity contribution in [1.82, 2.24) is 117 Å². The molecule has 0 saturated heterocycles. The van der Waals surface area contributed by atoms with E-state index >= 15 is 9.59 Å². The lowest BCUT2D eigenvalue weighted by molar-refractivity contribution is -0.136. The van der Waals surface area contributed by atoms with Crippen molar-refractivity contribution in [2.75, 3.05) is 81.9 Å². The highest BCUT2D eigenvalue weighted by Gasteiger charge is 2.39. The van der Waals surface area contributed by atoms with Gasteiger partial charge in [-0.25, -0.2) is 0 Å². The molecule has 2 rings (SSSR count). The molecular weight excluding hydrogens is 1920 g/mol. The summed E-state index contributed by atoms with van der Waals surface area (Å²) in [6.07, 6.45) is -0.532. The number of carbonyl (C=O) groups is 18. The molecule has 14 atom stereocenters. The quantitative estimate of drug-likeness (QED) is 0.0127. The predicted molar refractivity (Wildman–Crippen MR) is 537 cm³/mol. The van der Waals surface area contributed by atoms with E-state index in [0.717, 1.165) is 0 Å². The van der Waals surface area contributed by atoms with Gasteiger partial charge in [0.15, 0.2) is 29.8 Å². The molecule has 0 aliphatic carbocycles. The molecule has 0 fully saturated rings. The topological polar surface area (TPSA) is 894 Å². The maximum atomic E-state index is 15.0. The van der Waals surface area contributed by atoms with Crippen LogP contribution in [0, 0.1) is 44.8 Å². The first kappa shape index (κ1) is 123. The third-order valence-corrected chi connectivity index (χ3v) is 22.1. The van der Waals surface area contributed by atoms with Crippen molar-refractivity contribution in [3.8, 4) is 5.75 Å². The molecule has 42 N–H and O–H groups in total. The van der Waals surface area contributed by atoms with Crippen molar-refractivity contribution in [2.24, 2.45) is 57.9 Å². The summed E-state index contributed by atoms with van der Waals surface area (Å²) in [4.78, 5) is 249. The second kappa shape index (κ2) is 66.9. The summed E-state index contributed by atoms with van der Waals surface area (Å²) in [5.74, 6) is -21.8. The maximum absolute atomic E-state index is 15.0. The summed E-state index contributed by atoms with van der Waals surface area (Å²) in [5, 5.41) is 104. The lowest BCUT2D eigenvalue weighted by Crippen LogP contribution is -2.62. The van der Waals surface area contributed by atoms with Crippen LogP contribution in [-0.4, -0.2) is 308 Å². The van der Waals surface area contributed by atoms with Crippen LogP contribution in [0.4, 0.5) is 0 Å². The molecule has 786 valence electrons. The second-order valence-corrected chi connectivity index (χ2v) is 35.0. The molecule has 0 saturated carbocycles. The summed E-state index contributed by atoms with van der Waals surface area (Å²) >= 11 is 17.3. The van der Waals surface area contributed by atoms with Gasteiger partial charge in [0.25, 0.3) is 0 Å². The van der Waals surface area contributed by atoms with E-state index in [1.54, 1.807) is 71.9 Å². The number of phenolic OH excluding ortho intramolecular Hbond substituents is 1. The van der Waals surface area contributed by atoms with Gasteiger partial charge >= 0.3 is 0 Å². The summed E-state index contributed by atoms with van der Waals surface area (Å²) in [7, 11) is 0. The zero-order chi connectivity index (χ0) is 106. The Morgan fingerprint density at radius 3 is 0.908 bits per heavy atom. The molecule has 141 heavy (non-hydrogen) atoms. The van der Waals surface area contributed by atoms with Crippen LogP contribution in [0.15, 0.2) is 54.6 Å². The molecule has 0 unspecified atom stereocenters. The third-order valence-electron chi connectivity index (χ3n) is 20.6. The zero-order valence-electron chi connectivity index (χ0n) is 79.5. The van der Waals surface area contributed by atoms with Crippen LogP contribution in [0.3, 0.4) is 0 Å². The minimum atomic E-state index is -1.65. The number of carbonyl (C=O) groups excluding carboxylic acids is 18. The van der Waals surface area contributed by atoms with Crippen LogP contribution >= 0.6 is 50.5 Å². The summed E-state index contributed by atoms with van der Waals surface area (Å²) in [5.41, 5.74) is 39.5.